The lowest BCUT2D eigenvalue weighted by molar-refractivity contribution is -0.114. The van der Waals surface area contributed by atoms with Gasteiger partial charge in [-0.1, -0.05) is 29.8 Å². The average Bonchev–Trinajstić information content (AvgIpc) is 2.28. The van der Waals surface area contributed by atoms with Crippen LogP contribution in [-0.2, 0) is 11.3 Å². The third kappa shape index (κ3) is 4.51. The Balaban J connectivity index is 2.68. The van der Waals surface area contributed by atoms with E-state index >= 15 is 0 Å². The van der Waals surface area contributed by atoms with Crippen LogP contribution in [0.5, 0.6) is 0 Å². The third-order valence-corrected chi connectivity index (χ3v) is 2.28. The molecule has 0 radical (unpaired) electrons. The number of aliphatic imine (C=N–C) groups is 1. The van der Waals surface area contributed by atoms with E-state index in [1.165, 1.54) is 11.6 Å². The van der Waals surface area contributed by atoms with Crippen molar-refractivity contribution < 1.29 is 4.79 Å². The molecule has 0 heterocycles. The van der Waals surface area contributed by atoms with E-state index in [1.54, 1.807) is 6.92 Å². The fourth-order valence-corrected chi connectivity index (χ4v) is 1.25. The lowest BCUT2D eigenvalue weighted by Crippen LogP contribution is -2.20. The van der Waals surface area contributed by atoms with Crippen LogP contribution < -0.4 is 11.5 Å². The molecule has 0 fully saturated rings. The first-order valence-corrected chi connectivity index (χ1v) is 5.32. The van der Waals surface area contributed by atoms with Crippen molar-refractivity contribution >= 4 is 11.6 Å². The van der Waals surface area contributed by atoms with Gasteiger partial charge in [0, 0.05) is 5.71 Å². The number of hydrogen-bond acceptors (Lipinski definition) is 3. The number of aryl methyl sites for hydroxylation is 1. The summed E-state index contributed by atoms with van der Waals surface area (Å²) in [5, 5.41) is 0. The predicted molar refractivity (Wildman–Crippen MR) is 69.5 cm³/mol. The molecule has 4 nitrogen and oxygen atoms in total. The number of nitrogens with zero attached hydrogens (tertiary/aromatic N) is 1. The van der Waals surface area contributed by atoms with Gasteiger partial charge < -0.3 is 11.5 Å². The van der Waals surface area contributed by atoms with Crippen molar-refractivity contribution in [3.05, 3.63) is 47.2 Å². The van der Waals surface area contributed by atoms with E-state index in [2.05, 4.69) is 4.99 Å². The van der Waals surface area contributed by atoms with Crippen molar-refractivity contribution in [1.29, 1.82) is 0 Å². The van der Waals surface area contributed by atoms with Crippen LogP contribution in [0.3, 0.4) is 0 Å². The van der Waals surface area contributed by atoms with Gasteiger partial charge in [0.05, 0.1) is 12.2 Å². The second kappa shape index (κ2) is 5.84. The first kappa shape index (κ1) is 13.0. The van der Waals surface area contributed by atoms with Gasteiger partial charge in [-0.05, 0) is 25.5 Å². The maximum atomic E-state index is 10.7. The summed E-state index contributed by atoms with van der Waals surface area (Å²) >= 11 is 0. The molecule has 0 saturated heterocycles. The summed E-state index contributed by atoms with van der Waals surface area (Å²) in [5.41, 5.74) is 13.5. The molecule has 0 spiro atoms. The van der Waals surface area contributed by atoms with Crippen LogP contribution in [0.1, 0.15) is 18.1 Å². The Morgan fingerprint density at radius 1 is 1.29 bits per heavy atom. The molecular weight excluding hydrogens is 214 g/mol. The highest BCUT2D eigenvalue weighted by molar-refractivity contribution is 6.01. The number of primary amides is 1. The third-order valence-electron chi connectivity index (χ3n) is 2.28. The lowest BCUT2D eigenvalue weighted by Gasteiger charge is -1.99. The molecule has 17 heavy (non-hydrogen) atoms. The minimum atomic E-state index is -0.630. The summed E-state index contributed by atoms with van der Waals surface area (Å²) < 4.78 is 0. The van der Waals surface area contributed by atoms with E-state index in [1.807, 2.05) is 31.2 Å². The Hall–Kier alpha value is -2.10. The number of amides is 1. The topological polar surface area (TPSA) is 81.5 Å². The van der Waals surface area contributed by atoms with Crippen molar-refractivity contribution in [2.45, 2.75) is 20.4 Å². The molecule has 0 bridgehead atoms. The van der Waals surface area contributed by atoms with Gasteiger partial charge in [-0.15, -0.1) is 0 Å². The molecule has 0 aliphatic rings. The smallest absolute Gasteiger partial charge is 0.264 e. The number of nitrogens with two attached hydrogens (primary N) is 2. The monoisotopic (exact) mass is 231 g/mol. The molecule has 4 N–H and O–H groups in total. The molecule has 0 aliphatic heterocycles. The molecule has 0 atom stereocenters. The molecule has 0 saturated carbocycles. The zero-order valence-corrected chi connectivity index (χ0v) is 10.1. The van der Waals surface area contributed by atoms with Gasteiger partial charge in [0.2, 0.25) is 0 Å². The van der Waals surface area contributed by atoms with E-state index in [-0.39, 0.29) is 5.70 Å². The van der Waals surface area contributed by atoms with Crippen LogP contribution in [0, 0.1) is 6.92 Å². The fourth-order valence-electron chi connectivity index (χ4n) is 1.25. The van der Waals surface area contributed by atoms with Gasteiger partial charge in [0.15, 0.2) is 0 Å². The second-order valence-electron chi connectivity index (χ2n) is 3.91. The van der Waals surface area contributed by atoms with Crippen LogP contribution in [0.4, 0.5) is 0 Å². The standard InChI is InChI=1S/C13H17N3O/c1-9-3-5-11(6-4-9)8-16-10(2)7-12(14)13(15)17/h3-7H,8,14H2,1-2H3,(H2,15,17). The van der Waals surface area contributed by atoms with Gasteiger partial charge in [-0.25, -0.2) is 0 Å². The summed E-state index contributed by atoms with van der Waals surface area (Å²) in [7, 11) is 0. The molecule has 90 valence electrons. The Labute approximate surface area is 101 Å². The highest BCUT2D eigenvalue weighted by Crippen LogP contribution is 2.04. The van der Waals surface area contributed by atoms with Gasteiger partial charge in [-0.3, -0.25) is 9.79 Å². The van der Waals surface area contributed by atoms with Crippen molar-refractivity contribution in [3.8, 4) is 0 Å². The molecule has 0 aromatic heterocycles. The molecule has 1 aromatic carbocycles. The Morgan fingerprint density at radius 3 is 2.41 bits per heavy atom. The number of allylic oxidation sites excluding steroid dienone is 1. The number of hydrogen-bond donors (Lipinski definition) is 2. The molecule has 4 heteroatoms. The van der Waals surface area contributed by atoms with Crippen LogP contribution >= 0.6 is 0 Å². The van der Waals surface area contributed by atoms with Crippen LogP contribution in [0.2, 0.25) is 0 Å². The SMILES string of the molecule is CC(C=C(N)C(N)=O)=NCc1ccc(C)cc1. The molecule has 0 unspecified atom stereocenters. The minimum absolute atomic E-state index is 0.0233. The summed E-state index contributed by atoms with van der Waals surface area (Å²) in [6.45, 7) is 4.38. The van der Waals surface area contributed by atoms with Crippen LogP contribution in [-0.4, -0.2) is 11.6 Å². The second-order valence-corrected chi connectivity index (χ2v) is 3.91. The van der Waals surface area contributed by atoms with E-state index in [0.29, 0.717) is 12.3 Å². The molecule has 0 aliphatic carbocycles. The first-order chi connectivity index (χ1) is 7.99. The Morgan fingerprint density at radius 2 is 1.88 bits per heavy atom. The maximum absolute atomic E-state index is 10.7. The normalized spacial score (nSPS) is 12.6. The zero-order valence-electron chi connectivity index (χ0n) is 10.1. The highest BCUT2D eigenvalue weighted by Gasteiger charge is 1.98. The quantitative estimate of drug-likeness (QED) is 0.604. The summed E-state index contributed by atoms with van der Waals surface area (Å²) in [6, 6.07) is 8.11. The van der Waals surface area contributed by atoms with Crippen molar-refractivity contribution in [1.82, 2.24) is 0 Å². The van der Waals surface area contributed by atoms with E-state index < -0.39 is 5.91 Å². The molecular formula is C13H17N3O. The highest BCUT2D eigenvalue weighted by atomic mass is 16.1. The molecule has 1 amide bonds. The van der Waals surface area contributed by atoms with Gasteiger partial charge in [-0.2, -0.15) is 0 Å². The number of carbonyl (C=O) groups excluding carboxylic acids is 1. The van der Waals surface area contributed by atoms with Crippen molar-refractivity contribution in [3.63, 3.8) is 0 Å². The number of carbonyl (C=O) groups is 1. The van der Waals surface area contributed by atoms with E-state index in [9.17, 15) is 4.79 Å². The number of benzene rings is 1. The van der Waals surface area contributed by atoms with Gasteiger partial charge >= 0.3 is 0 Å². The summed E-state index contributed by atoms with van der Waals surface area (Å²) in [6.07, 6.45) is 1.48. The lowest BCUT2D eigenvalue weighted by atomic mass is 10.1. The average molecular weight is 231 g/mol. The maximum Gasteiger partial charge on any atom is 0.264 e. The predicted octanol–water partition coefficient (Wildman–Crippen LogP) is 1.28. The van der Waals surface area contributed by atoms with Gasteiger partial charge in [0.25, 0.3) is 5.91 Å². The summed E-state index contributed by atoms with van der Waals surface area (Å²) in [4.78, 5) is 15.0. The first-order valence-electron chi connectivity index (χ1n) is 5.32. The number of rotatable bonds is 4. The van der Waals surface area contributed by atoms with Gasteiger partial charge in [0.1, 0.15) is 0 Å². The molecule has 1 aromatic rings. The molecule has 1 rings (SSSR count). The van der Waals surface area contributed by atoms with E-state index in [4.69, 9.17) is 11.5 Å². The fraction of sp³-hybridized carbons (Fsp3) is 0.231. The van der Waals surface area contributed by atoms with Crippen molar-refractivity contribution in [2.24, 2.45) is 16.5 Å². The zero-order chi connectivity index (χ0) is 12.8. The van der Waals surface area contributed by atoms with E-state index in [0.717, 1.165) is 5.56 Å². The minimum Gasteiger partial charge on any atom is -0.394 e. The Kier molecular flexibility index (Phi) is 4.46. The van der Waals surface area contributed by atoms with Crippen molar-refractivity contribution in [2.75, 3.05) is 0 Å². The van der Waals surface area contributed by atoms with Crippen LogP contribution in [0.15, 0.2) is 41.0 Å². The summed E-state index contributed by atoms with van der Waals surface area (Å²) in [5.74, 6) is -0.630. The largest absolute Gasteiger partial charge is 0.394 e. The Bertz CT molecular complexity index is 458. The van der Waals surface area contributed by atoms with Crippen LogP contribution in [0.25, 0.3) is 0 Å².